The highest BCUT2D eigenvalue weighted by Crippen LogP contribution is 2.19. The lowest BCUT2D eigenvalue weighted by Gasteiger charge is -2.29. The summed E-state index contributed by atoms with van der Waals surface area (Å²) in [6, 6.07) is 4.34. The summed E-state index contributed by atoms with van der Waals surface area (Å²) in [5.41, 5.74) is 6.02. The molecule has 5 heteroatoms. The molecule has 0 spiro atoms. The minimum absolute atomic E-state index is 0.0267. The fourth-order valence-electron chi connectivity index (χ4n) is 2.26. The van der Waals surface area contributed by atoms with Crippen molar-refractivity contribution in [2.45, 2.75) is 37.8 Å². The molecule has 0 bridgehead atoms. The van der Waals surface area contributed by atoms with Crippen LogP contribution in [0.25, 0.3) is 0 Å². The van der Waals surface area contributed by atoms with Crippen molar-refractivity contribution in [3.63, 3.8) is 0 Å². The topological polar surface area (TPSA) is 55.1 Å². The molecule has 98 valence electrons. The fourth-order valence-corrected chi connectivity index (χ4v) is 2.59. The second-order valence-electron chi connectivity index (χ2n) is 4.65. The molecule has 2 atom stereocenters. The first-order chi connectivity index (χ1) is 8.58. The molecule has 1 aromatic carbocycles. The minimum Gasteiger partial charge on any atom is -0.348 e. The van der Waals surface area contributed by atoms with Crippen LogP contribution < -0.4 is 11.1 Å². The number of carbonyl (C=O) groups excluding carboxylic acids is 1. The van der Waals surface area contributed by atoms with Crippen LogP contribution in [-0.2, 0) is 0 Å². The van der Waals surface area contributed by atoms with E-state index in [0.717, 1.165) is 25.7 Å². The lowest BCUT2D eigenvalue weighted by molar-refractivity contribution is 0.0917. The SMILES string of the molecule is N[C@@H]1CCCC[C@H]1NC(=O)c1ccc(Br)cc1F. The zero-order valence-corrected chi connectivity index (χ0v) is 11.5. The van der Waals surface area contributed by atoms with E-state index in [1.54, 1.807) is 6.07 Å². The lowest BCUT2D eigenvalue weighted by atomic mass is 9.91. The summed E-state index contributed by atoms with van der Waals surface area (Å²) in [4.78, 5) is 12.0. The molecule has 0 heterocycles. The maximum atomic E-state index is 13.6. The van der Waals surface area contributed by atoms with Crippen LogP contribution in [0.4, 0.5) is 4.39 Å². The van der Waals surface area contributed by atoms with Crippen molar-refractivity contribution in [3.8, 4) is 0 Å². The van der Waals surface area contributed by atoms with Crippen molar-refractivity contribution < 1.29 is 9.18 Å². The average molecular weight is 315 g/mol. The molecule has 0 aromatic heterocycles. The molecule has 1 aromatic rings. The predicted molar refractivity (Wildman–Crippen MR) is 71.8 cm³/mol. The van der Waals surface area contributed by atoms with Gasteiger partial charge in [0.2, 0.25) is 0 Å². The van der Waals surface area contributed by atoms with E-state index in [4.69, 9.17) is 5.73 Å². The third-order valence-electron chi connectivity index (χ3n) is 3.31. The molecule has 0 radical (unpaired) electrons. The summed E-state index contributed by atoms with van der Waals surface area (Å²) in [5.74, 6) is -0.909. The van der Waals surface area contributed by atoms with Gasteiger partial charge in [-0.15, -0.1) is 0 Å². The molecule has 1 saturated carbocycles. The molecule has 0 unspecified atom stereocenters. The van der Waals surface area contributed by atoms with Crippen LogP contribution in [-0.4, -0.2) is 18.0 Å². The lowest BCUT2D eigenvalue weighted by Crippen LogP contribution is -2.49. The first-order valence-corrected chi connectivity index (χ1v) is 6.88. The second kappa shape index (κ2) is 5.80. The van der Waals surface area contributed by atoms with E-state index in [0.29, 0.717) is 4.47 Å². The zero-order valence-electron chi connectivity index (χ0n) is 9.96. The molecule has 2 rings (SSSR count). The van der Waals surface area contributed by atoms with Gasteiger partial charge in [0.1, 0.15) is 5.82 Å². The highest BCUT2D eigenvalue weighted by Gasteiger charge is 2.24. The summed E-state index contributed by atoms with van der Waals surface area (Å²) in [6.45, 7) is 0. The van der Waals surface area contributed by atoms with Crippen LogP contribution in [0.1, 0.15) is 36.0 Å². The Labute approximate surface area is 114 Å². The monoisotopic (exact) mass is 314 g/mol. The van der Waals surface area contributed by atoms with Crippen molar-refractivity contribution in [2.75, 3.05) is 0 Å². The molecular formula is C13H16BrFN2O. The van der Waals surface area contributed by atoms with Gasteiger partial charge in [0, 0.05) is 16.6 Å². The molecule has 3 N–H and O–H groups in total. The number of carbonyl (C=O) groups is 1. The Bertz CT molecular complexity index is 453. The van der Waals surface area contributed by atoms with Gasteiger partial charge in [0.15, 0.2) is 0 Å². The maximum Gasteiger partial charge on any atom is 0.254 e. The average Bonchev–Trinajstić information content (AvgIpc) is 2.32. The molecule has 0 saturated heterocycles. The molecule has 1 amide bonds. The minimum atomic E-state index is -0.522. The Balaban J connectivity index is 2.07. The van der Waals surface area contributed by atoms with E-state index in [-0.39, 0.29) is 23.6 Å². The molecule has 3 nitrogen and oxygen atoms in total. The normalized spacial score (nSPS) is 23.7. The van der Waals surface area contributed by atoms with Crippen LogP contribution in [0.5, 0.6) is 0 Å². The number of amides is 1. The number of halogens is 2. The van der Waals surface area contributed by atoms with E-state index in [2.05, 4.69) is 21.2 Å². The van der Waals surface area contributed by atoms with Gasteiger partial charge in [0.05, 0.1) is 5.56 Å². The summed E-state index contributed by atoms with van der Waals surface area (Å²) in [7, 11) is 0. The fraction of sp³-hybridized carbons (Fsp3) is 0.462. The third-order valence-corrected chi connectivity index (χ3v) is 3.80. The van der Waals surface area contributed by atoms with Gasteiger partial charge in [0.25, 0.3) is 5.91 Å². The van der Waals surface area contributed by atoms with E-state index >= 15 is 0 Å². The Morgan fingerprint density at radius 3 is 2.78 bits per heavy atom. The van der Waals surface area contributed by atoms with Crippen molar-refractivity contribution in [3.05, 3.63) is 34.1 Å². The van der Waals surface area contributed by atoms with Crippen molar-refractivity contribution >= 4 is 21.8 Å². The molecule has 1 aliphatic rings. The quantitative estimate of drug-likeness (QED) is 0.881. The Morgan fingerprint density at radius 1 is 1.39 bits per heavy atom. The van der Waals surface area contributed by atoms with Crippen LogP contribution in [0.2, 0.25) is 0 Å². The van der Waals surface area contributed by atoms with Gasteiger partial charge in [-0.25, -0.2) is 4.39 Å². The number of nitrogens with one attached hydrogen (secondary N) is 1. The van der Waals surface area contributed by atoms with Gasteiger partial charge < -0.3 is 11.1 Å². The zero-order chi connectivity index (χ0) is 13.1. The van der Waals surface area contributed by atoms with Crippen LogP contribution in [0.3, 0.4) is 0 Å². The van der Waals surface area contributed by atoms with Crippen molar-refractivity contribution in [1.82, 2.24) is 5.32 Å². The van der Waals surface area contributed by atoms with Crippen LogP contribution in [0, 0.1) is 5.82 Å². The van der Waals surface area contributed by atoms with E-state index < -0.39 is 5.82 Å². The summed E-state index contributed by atoms with van der Waals surface area (Å²) in [6.07, 6.45) is 3.93. The van der Waals surface area contributed by atoms with Crippen LogP contribution >= 0.6 is 15.9 Å². The van der Waals surface area contributed by atoms with Crippen molar-refractivity contribution in [2.24, 2.45) is 5.73 Å². The van der Waals surface area contributed by atoms with E-state index in [9.17, 15) is 9.18 Å². The van der Waals surface area contributed by atoms with Gasteiger partial charge in [-0.3, -0.25) is 4.79 Å². The molecule has 0 aliphatic heterocycles. The van der Waals surface area contributed by atoms with Gasteiger partial charge in [-0.1, -0.05) is 28.8 Å². The summed E-state index contributed by atoms with van der Waals surface area (Å²) in [5, 5.41) is 2.83. The maximum absolute atomic E-state index is 13.6. The Morgan fingerprint density at radius 2 is 2.11 bits per heavy atom. The molecule has 18 heavy (non-hydrogen) atoms. The molecule has 1 fully saturated rings. The smallest absolute Gasteiger partial charge is 0.254 e. The summed E-state index contributed by atoms with van der Waals surface area (Å²) >= 11 is 3.16. The number of nitrogens with two attached hydrogens (primary N) is 1. The van der Waals surface area contributed by atoms with Gasteiger partial charge in [-0.2, -0.15) is 0 Å². The largest absolute Gasteiger partial charge is 0.348 e. The number of hydrogen-bond acceptors (Lipinski definition) is 2. The molecular weight excluding hydrogens is 299 g/mol. The predicted octanol–water partition coefficient (Wildman–Crippen LogP) is 2.59. The number of benzene rings is 1. The summed E-state index contributed by atoms with van der Waals surface area (Å²) < 4.78 is 14.2. The third kappa shape index (κ3) is 3.09. The highest BCUT2D eigenvalue weighted by molar-refractivity contribution is 9.10. The standard InChI is InChI=1S/C13H16BrFN2O/c14-8-5-6-9(10(15)7-8)13(18)17-12-4-2-1-3-11(12)16/h5-7,11-12H,1-4,16H2,(H,17,18)/t11-,12-/m1/s1. The van der Waals surface area contributed by atoms with Crippen molar-refractivity contribution in [1.29, 1.82) is 0 Å². The van der Waals surface area contributed by atoms with E-state index in [1.165, 1.54) is 12.1 Å². The highest BCUT2D eigenvalue weighted by atomic mass is 79.9. The number of hydrogen-bond donors (Lipinski definition) is 2. The van der Waals surface area contributed by atoms with Gasteiger partial charge >= 0.3 is 0 Å². The van der Waals surface area contributed by atoms with Crippen LogP contribution in [0.15, 0.2) is 22.7 Å². The van der Waals surface area contributed by atoms with Gasteiger partial charge in [-0.05, 0) is 31.0 Å². The Hall–Kier alpha value is -0.940. The second-order valence-corrected chi connectivity index (χ2v) is 5.57. The first-order valence-electron chi connectivity index (χ1n) is 6.09. The first kappa shape index (κ1) is 13.5. The van der Waals surface area contributed by atoms with E-state index in [1.807, 2.05) is 0 Å². The Kier molecular flexibility index (Phi) is 4.35. The molecule has 1 aliphatic carbocycles. The number of rotatable bonds is 2.